The smallest absolute Gasteiger partial charge is 0.336 e. The first-order valence-corrected chi connectivity index (χ1v) is 5.21. The number of nitroso groups, excluding NO2 is 1. The van der Waals surface area contributed by atoms with Crippen molar-refractivity contribution in [2.75, 3.05) is 19.0 Å². The summed E-state index contributed by atoms with van der Waals surface area (Å²) >= 11 is 5.40. The highest BCUT2D eigenvalue weighted by Gasteiger charge is 2.11. The number of aromatic nitrogens is 2. The molecule has 0 spiro atoms. The molecule has 1 rings (SSSR count). The lowest BCUT2D eigenvalue weighted by molar-refractivity contribution is 0.202. The van der Waals surface area contributed by atoms with Gasteiger partial charge >= 0.3 is 6.03 Å². The molecule has 0 aliphatic carbocycles. The van der Waals surface area contributed by atoms with Gasteiger partial charge in [0.2, 0.25) is 0 Å². The third-order valence-corrected chi connectivity index (χ3v) is 2.00. The lowest BCUT2D eigenvalue weighted by atomic mass is 10.6. The second-order valence-corrected chi connectivity index (χ2v) is 3.30. The normalized spacial score (nSPS) is 9.81. The van der Waals surface area contributed by atoms with E-state index in [2.05, 4.69) is 15.6 Å². The van der Waals surface area contributed by atoms with Crippen LogP contribution in [0.2, 0.25) is 0 Å². The number of nitrogens with one attached hydrogen (secondary N) is 1. The molecule has 0 radical (unpaired) electrons. The van der Waals surface area contributed by atoms with E-state index in [-0.39, 0.29) is 12.4 Å². The maximum Gasteiger partial charge on any atom is 0.340 e. The molecule has 88 valence electrons. The number of carbonyl (C=O) groups is 1. The summed E-state index contributed by atoms with van der Waals surface area (Å²) in [5.41, 5.74) is 0. The van der Waals surface area contributed by atoms with Gasteiger partial charge in [-0.3, -0.25) is 0 Å². The SMILES string of the molecule is O=NN(CCCl)C(=O)NCCn1ccnc1. The van der Waals surface area contributed by atoms with E-state index in [4.69, 9.17) is 11.6 Å². The van der Waals surface area contributed by atoms with Gasteiger partial charge in [-0.05, 0) is 0 Å². The minimum atomic E-state index is -0.546. The van der Waals surface area contributed by atoms with Crippen molar-refractivity contribution in [3.05, 3.63) is 23.6 Å². The predicted octanol–water partition coefficient (Wildman–Crippen LogP) is 0.815. The van der Waals surface area contributed by atoms with Crippen LogP contribution >= 0.6 is 11.6 Å². The number of halogens is 1. The van der Waals surface area contributed by atoms with Crippen molar-refractivity contribution < 1.29 is 4.79 Å². The van der Waals surface area contributed by atoms with Gasteiger partial charge in [-0.15, -0.1) is 16.5 Å². The lowest BCUT2D eigenvalue weighted by Crippen LogP contribution is -2.38. The highest BCUT2D eigenvalue weighted by Crippen LogP contribution is 1.92. The molecule has 1 aromatic rings. The molecule has 0 aliphatic heterocycles. The van der Waals surface area contributed by atoms with E-state index in [0.717, 1.165) is 5.01 Å². The molecule has 1 N–H and O–H groups in total. The quantitative estimate of drug-likeness (QED) is 0.458. The minimum absolute atomic E-state index is 0.0992. The van der Waals surface area contributed by atoms with Crippen LogP contribution in [0.4, 0.5) is 4.79 Å². The number of nitrogens with zero attached hydrogens (tertiary/aromatic N) is 4. The molecule has 2 amide bonds. The van der Waals surface area contributed by atoms with Crippen molar-refractivity contribution >= 4 is 17.6 Å². The summed E-state index contributed by atoms with van der Waals surface area (Å²) in [4.78, 5) is 25.5. The molecule has 0 aromatic carbocycles. The largest absolute Gasteiger partial charge is 0.340 e. The van der Waals surface area contributed by atoms with Gasteiger partial charge in [0.05, 0.1) is 18.2 Å². The summed E-state index contributed by atoms with van der Waals surface area (Å²) in [6.07, 6.45) is 5.07. The third kappa shape index (κ3) is 3.85. The fraction of sp³-hybridized carbons (Fsp3) is 0.500. The van der Waals surface area contributed by atoms with Gasteiger partial charge in [0.15, 0.2) is 0 Å². The first-order chi connectivity index (χ1) is 7.77. The van der Waals surface area contributed by atoms with Crippen molar-refractivity contribution in [2.24, 2.45) is 5.29 Å². The van der Waals surface area contributed by atoms with Gasteiger partial charge in [0.1, 0.15) is 0 Å². The van der Waals surface area contributed by atoms with Gasteiger partial charge in [-0.2, -0.15) is 5.01 Å². The molecule has 7 nitrogen and oxygen atoms in total. The van der Waals surface area contributed by atoms with Crippen molar-refractivity contribution in [1.82, 2.24) is 19.9 Å². The zero-order chi connectivity index (χ0) is 11.8. The van der Waals surface area contributed by atoms with E-state index in [9.17, 15) is 9.70 Å². The summed E-state index contributed by atoms with van der Waals surface area (Å²) in [5, 5.41) is 5.85. The van der Waals surface area contributed by atoms with Crippen LogP contribution in [-0.2, 0) is 6.54 Å². The fourth-order valence-corrected chi connectivity index (χ4v) is 1.22. The standard InChI is InChI=1S/C8H12ClN5O2/c9-1-4-14(12-16)8(15)11-3-6-13-5-2-10-7-13/h2,5,7H,1,3-4,6H2,(H,11,15). The van der Waals surface area contributed by atoms with Gasteiger partial charge in [0, 0.05) is 31.4 Å². The molecule has 8 heteroatoms. The van der Waals surface area contributed by atoms with Crippen molar-refractivity contribution in [3.63, 3.8) is 0 Å². The number of hydrogen-bond donors (Lipinski definition) is 1. The summed E-state index contributed by atoms with van der Waals surface area (Å²) in [6, 6.07) is -0.546. The molecular weight excluding hydrogens is 234 g/mol. The summed E-state index contributed by atoms with van der Waals surface area (Å²) in [6.45, 7) is 1.07. The Morgan fingerprint density at radius 2 is 2.44 bits per heavy atom. The molecule has 0 fully saturated rings. The summed E-state index contributed by atoms with van der Waals surface area (Å²) in [5.74, 6) is 0.167. The Morgan fingerprint density at radius 3 is 3.00 bits per heavy atom. The predicted molar refractivity (Wildman–Crippen MR) is 58.8 cm³/mol. The van der Waals surface area contributed by atoms with Crippen molar-refractivity contribution in [3.8, 4) is 0 Å². The summed E-state index contributed by atoms with van der Waals surface area (Å²) < 4.78 is 1.81. The molecular formula is C8H12ClN5O2. The molecule has 1 heterocycles. The van der Waals surface area contributed by atoms with E-state index >= 15 is 0 Å². The summed E-state index contributed by atoms with van der Waals surface area (Å²) in [7, 11) is 0. The maximum atomic E-state index is 11.3. The first kappa shape index (κ1) is 12.4. The lowest BCUT2D eigenvalue weighted by Gasteiger charge is -2.12. The Balaban J connectivity index is 2.26. The Hall–Kier alpha value is -1.63. The van der Waals surface area contributed by atoms with Gasteiger partial charge < -0.3 is 9.88 Å². The number of urea groups is 1. The first-order valence-electron chi connectivity index (χ1n) is 4.68. The average molecular weight is 246 g/mol. The Bertz CT molecular complexity index is 329. The van der Waals surface area contributed by atoms with Crippen LogP contribution in [0.3, 0.4) is 0 Å². The van der Waals surface area contributed by atoms with Crippen LogP contribution in [0.1, 0.15) is 0 Å². The molecule has 0 saturated heterocycles. The number of carbonyl (C=O) groups excluding carboxylic acids is 1. The van der Waals surface area contributed by atoms with Crippen LogP contribution in [-0.4, -0.2) is 39.6 Å². The Kier molecular flexibility index (Phi) is 5.27. The molecule has 0 bridgehead atoms. The number of hydrogen-bond acceptors (Lipinski definition) is 4. The van der Waals surface area contributed by atoms with Crippen molar-refractivity contribution in [1.29, 1.82) is 0 Å². The van der Waals surface area contributed by atoms with E-state index < -0.39 is 6.03 Å². The Morgan fingerprint density at radius 1 is 1.62 bits per heavy atom. The molecule has 0 saturated carbocycles. The fourth-order valence-electron chi connectivity index (χ4n) is 1.06. The monoisotopic (exact) mass is 245 g/mol. The van der Waals surface area contributed by atoms with Gasteiger partial charge in [-0.1, -0.05) is 0 Å². The maximum absolute atomic E-state index is 11.3. The van der Waals surface area contributed by atoms with Crippen LogP contribution in [0, 0.1) is 4.91 Å². The third-order valence-electron chi connectivity index (χ3n) is 1.83. The number of alkyl halides is 1. The van der Waals surface area contributed by atoms with Gasteiger partial charge in [-0.25, -0.2) is 9.78 Å². The Labute approximate surface area is 97.3 Å². The highest BCUT2D eigenvalue weighted by atomic mass is 35.5. The molecule has 16 heavy (non-hydrogen) atoms. The second kappa shape index (κ2) is 6.78. The topological polar surface area (TPSA) is 79.6 Å². The number of imidazole rings is 1. The zero-order valence-electron chi connectivity index (χ0n) is 8.54. The van der Waals surface area contributed by atoms with Crippen molar-refractivity contribution in [2.45, 2.75) is 6.54 Å². The van der Waals surface area contributed by atoms with E-state index in [1.54, 1.807) is 23.3 Å². The van der Waals surface area contributed by atoms with Gasteiger partial charge in [0.25, 0.3) is 0 Å². The van der Waals surface area contributed by atoms with Crippen LogP contribution < -0.4 is 5.32 Å². The molecule has 0 atom stereocenters. The number of rotatable bonds is 6. The van der Waals surface area contributed by atoms with E-state index in [1.807, 2.05) is 0 Å². The number of amides is 2. The average Bonchev–Trinajstić information content (AvgIpc) is 2.78. The van der Waals surface area contributed by atoms with Crippen LogP contribution in [0.5, 0.6) is 0 Å². The van der Waals surface area contributed by atoms with Crippen LogP contribution in [0.15, 0.2) is 24.0 Å². The molecule has 1 aromatic heterocycles. The molecule has 0 unspecified atom stereocenters. The van der Waals surface area contributed by atoms with E-state index in [0.29, 0.717) is 13.1 Å². The van der Waals surface area contributed by atoms with E-state index in [1.165, 1.54) is 0 Å². The highest BCUT2D eigenvalue weighted by molar-refractivity contribution is 6.18. The minimum Gasteiger partial charge on any atom is -0.336 e. The second-order valence-electron chi connectivity index (χ2n) is 2.93. The zero-order valence-corrected chi connectivity index (χ0v) is 9.30. The van der Waals surface area contributed by atoms with Crippen LogP contribution in [0.25, 0.3) is 0 Å². The molecule has 0 aliphatic rings.